The lowest BCUT2D eigenvalue weighted by atomic mass is 9.84. The van der Waals surface area contributed by atoms with E-state index in [4.69, 9.17) is 4.74 Å². The van der Waals surface area contributed by atoms with Gasteiger partial charge in [0.25, 0.3) is 0 Å². The van der Waals surface area contributed by atoms with Crippen LogP contribution in [-0.2, 0) is 4.74 Å². The Morgan fingerprint density at radius 1 is 1.00 bits per heavy atom. The molecule has 1 atom stereocenters. The summed E-state index contributed by atoms with van der Waals surface area (Å²) in [4.78, 5) is 12.4. The highest BCUT2D eigenvalue weighted by molar-refractivity contribution is 5.80. The molecule has 0 aromatic carbocycles. The average Bonchev–Trinajstić information content (AvgIpc) is 3.35. The molecule has 4 aliphatic rings. The Labute approximate surface area is 165 Å². The largest absolute Gasteiger partial charge is 0.381 e. The van der Waals surface area contributed by atoms with Crippen molar-refractivity contribution in [3.8, 4) is 0 Å². The molecule has 4 aliphatic heterocycles. The first kappa shape index (κ1) is 19.5. The summed E-state index contributed by atoms with van der Waals surface area (Å²) in [5, 5.41) is 3.82. The monoisotopic (exact) mass is 377 g/mol. The van der Waals surface area contributed by atoms with Gasteiger partial charge in [0.1, 0.15) is 0 Å². The molecule has 0 aromatic heterocycles. The molecule has 154 valence electrons. The van der Waals surface area contributed by atoms with Crippen LogP contribution in [-0.4, -0.2) is 99.3 Å². The lowest BCUT2D eigenvalue weighted by Gasteiger charge is -2.50. The Hall–Kier alpha value is -0.850. The molecule has 4 rings (SSSR count). The molecule has 0 amide bonds. The first-order chi connectivity index (χ1) is 13.1. The highest BCUT2D eigenvalue weighted by atomic mass is 16.5. The third kappa shape index (κ3) is 4.13. The average molecular weight is 378 g/mol. The number of rotatable bonds is 3. The quantitative estimate of drug-likeness (QED) is 0.598. The topological polar surface area (TPSA) is 43.3 Å². The summed E-state index contributed by atoms with van der Waals surface area (Å²) >= 11 is 0. The van der Waals surface area contributed by atoms with E-state index >= 15 is 0 Å². The van der Waals surface area contributed by atoms with E-state index in [1.54, 1.807) is 0 Å². The van der Waals surface area contributed by atoms with Crippen LogP contribution in [0.4, 0.5) is 0 Å². The number of aliphatic imine (C=N–C) groups is 1. The molecule has 4 saturated heterocycles. The van der Waals surface area contributed by atoms with Crippen LogP contribution >= 0.6 is 0 Å². The minimum absolute atomic E-state index is 0.302. The van der Waals surface area contributed by atoms with Gasteiger partial charge in [0.2, 0.25) is 0 Å². The van der Waals surface area contributed by atoms with E-state index in [2.05, 4.69) is 32.1 Å². The first-order valence-electron chi connectivity index (χ1n) is 11.1. The van der Waals surface area contributed by atoms with E-state index < -0.39 is 0 Å². The molecule has 1 N–H and O–H groups in total. The summed E-state index contributed by atoms with van der Waals surface area (Å²) in [6.45, 7) is 10.1. The zero-order chi connectivity index (χ0) is 18.7. The smallest absolute Gasteiger partial charge is 0.193 e. The molecule has 4 heterocycles. The summed E-state index contributed by atoms with van der Waals surface area (Å²) < 4.78 is 5.71. The summed E-state index contributed by atoms with van der Waals surface area (Å²) in [6, 6.07) is 0. The molecule has 27 heavy (non-hydrogen) atoms. The molecule has 1 unspecified atom stereocenters. The third-order valence-electron chi connectivity index (χ3n) is 7.65. The van der Waals surface area contributed by atoms with E-state index in [0.29, 0.717) is 11.0 Å². The van der Waals surface area contributed by atoms with E-state index in [1.807, 2.05) is 7.05 Å². The van der Waals surface area contributed by atoms with Crippen LogP contribution in [0, 0.1) is 5.41 Å². The van der Waals surface area contributed by atoms with Crippen LogP contribution in [0.15, 0.2) is 4.99 Å². The van der Waals surface area contributed by atoms with Crippen LogP contribution in [0.2, 0.25) is 0 Å². The van der Waals surface area contributed by atoms with Gasteiger partial charge in [-0.2, -0.15) is 0 Å². The van der Waals surface area contributed by atoms with Gasteiger partial charge in [-0.15, -0.1) is 0 Å². The summed E-state index contributed by atoms with van der Waals surface area (Å²) in [6.07, 6.45) is 9.12. The fourth-order valence-electron chi connectivity index (χ4n) is 5.67. The van der Waals surface area contributed by atoms with E-state index in [1.165, 1.54) is 71.1 Å². The van der Waals surface area contributed by atoms with Crippen molar-refractivity contribution in [3.05, 3.63) is 0 Å². The van der Waals surface area contributed by atoms with Crippen molar-refractivity contribution in [1.82, 2.24) is 20.0 Å². The SMILES string of the molecule is CN=C(NCC1(N2CCCCC2)CCN(C)CC1)N1CCC2(CCOC2)C1. The van der Waals surface area contributed by atoms with Crippen molar-refractivity contribution in [2.45, 2.75) is 50.5 Å². The molecule has 0 aliphatic carbocycles. The molecule has 6 heteroatoms. The van der Waals surface area contributed by atoms with Crippen molar-refractivity contribution < 1.29 is 4.74 Å². The van der Waals surface area contributed by atoms with Crippen LogP contribution in [0.25, 0.3) is 0 Å². The van der Waals surface area contributed by atoms with Gasteiger partial charge in [-0.25, -0.2) is 0 Å². The predicted molar refractivity (Wildman–Crippen MR) is 110 cm³/mol. The lowest BCUT2D eigenvalue weighted by molar-refractivity contribution is 0.0169. The second kappa shape index (κ2) is 8.26. The highest BCUT2D eigenvalue weighted by Crippen LogP contribution is 2.38. The fourth-order valence-corrected chi connectivity index (χ4v) is 5.67. The van der Waals surface area contributed by atoms with Crippen molar-refractivity contribution >= 4 is 5.96 Å². The normalized spacial score (nSPS) is 33.1. The molecule has 0 saturated carbocycles. The zero-order valence-electron chi connectivity index (χ0n) is 17.5. The number of nitrogens with zero attached hydrogens (tertiary/aromatic N) is 4. The van der Waals surface area contributed by atoms with Crippen molar-refractivity contribution in [1.29, 1.82) is 0 Å². The number of hydrogen-bond donors (Lipinski definition) is 1. The van der Waals surface area contributed by atoms with Gasteiger partial charge in [0, 0.05) is 44.2 Å². The van der Waals surface area contributed by atoms with E-state index in [0.717, 1.165) is 38.8 Å². The summed E-state index contributed by atoms with van der Waals surface area (Å²) in [7, 11) is 4.21. The van der Waals surface area contributed by atoms with E-state index in [9.17, 15) is 0 Å². The minimum Gasteiger partial charge on any atom is -0.381 e. The second-order valence-corrected chi connectivity index (χ2v) is 9.45. The number of likely N-dealkylation sites (tertiary alicyclic amines) is 3. The van der Waals surface area contributed by atoms with Crippen molar-refractivity contribution in [2.75, 3.05) is 73.1 Å². The molecule has 6 nitrogen and oxygen atoms in total. The molecular weight excluding hydrogens is 338 g/mol. The number of guanidine groups is 1. The molecule has 0 bridgehead atoms. The zero-order valence-corrected chi connectivity index (χ0v) is 17.5. The van der Waals surface area contributed by atoms with Gasteiger partial charge in [-0.05, 0) is 71.8 Å². The number of piperidine rings is 2. The highest BCUT2D eigenvalue weighted by Gasteiger charge is 2.43. The Balaban J connectivity index is 1.40. The Morgan fingerprint density at radius 3 is 2.44 bits per heavy atom. The fraction of sp³-hybridized carbons (Fsp3) is 0.952. The minimum atomic E-state index is 0.302. The van der Waals surface area contributed by atoms with Crippen LogP contribution in [0.3, 0.4) is 0 Å². The Morgan fingerprint density at radius 2 is 1.78 bits per heavy atom. The maximum Gasteiger partial charge on any atom is 0.193 e. The number of nitrogens with one attached hydrogen (secondary N) is 1. The van der Waals surface area contributed by atoms with Gasteiger partial charge in [0.05, 0.1) is 6.61 Å². The molecular formula is C21H39N5O. The summed E-state index contributed by atoms with van der Waals surface area (Å²) in [5.74, 6) is 1.11. The molecule has 0 radical (unpaired) electrons. The second-order valence-electron chi connectivity index (χ2n) is 9.45. The van der Waals surface area contributed by atoms with Crippen LogP contribution in [0.1, 0.15) is 44.9 Å². The maximum atomic E-state index is 5.71. The van der Waals surface area contributed by atoms with Gasteiger partial charge in [0.15, 0.2) is 5.96 Å². The van der Waals surface area contributed by atoms with Crippen LogP contribution in [0.5, 0.6) is 0 Å². The first-order valence-corrected chi connectivity index (χ1v) is 11.1. The molecule has 1 spiro atoms. The van der Waals surface area contributed by atoms with E-state index in [-0.39, 0.29) is 0 Å². The lowest BCUT2D eigenvalue weighted by Crippen LogP contribution is -2.62. The van der Waals surface area contributed by atoms with Crippen molar-refractivity contribution in [2.24, 2.45) is 10.4 Å². The van der Waals surface area contributed by atoms with Crippen LogP contribution < -0.4 is 5.32 Å². The Kier molecular flexibility index (Phi) is 5.95. The maximum absolute atomic E-state index is 5.71. The van der Waals surface area contributed by atoms with Gasteiger partial charge >= 0.3 is 0 Å². The Bertz CT molecular complexity index is 517. The third-order valence-corrected chi connectivity index (χ3v) is 7.65. The van der Waals surface area contributed by atoms with Crippen molar-refractivity contribution in [3.63, 3.8) is 0 Å². The predicted octanol–water partition coefficient (Wildman–Crippen LogP) is 1.62. The number of hydrogen-bond acceptors (Lipinski definition) is 4. The van der Waals surface area contributed by atoms with Gasteiger partial charge in [-0.1, -0.05) is 6.42 Å². The molecule has 4 fully saturated rings. The van der Waals surface area contributed by atoms with Gasteiger partial charge in [-0.3, -0.25) is 9.89 Å². The number of ether oxygens (including phenoxy) is 1. The molecule has 0 aromatic rings. The standard InChI is InChI=1S/C21H39N5O/c1-22-19(25-14-6-20(17-25)9-15-27-18-20)23-16-21(7-12-24(2)13-8-21)26-10-4-3-5-11-26/h3-18H2,1-2H3,(H,22,23). The van der Waals surface area contributed by atoms with Gasteiger partial charge < -0.3 is 19.9 Å². The summed E-state index contributed by atoms with van der Waals surface area (Å²) in [5.41, 5.74) is 0.687.